The Balaban J connectivity index is 1.15. The molecule has 0 aliphatic heterocycles. The van der Waals surface area contributed by atoms with Crippen molar-refractivity contribution >= 4 is 53.3 Å². The molecular weight excluding hydrogens is 727 g/mol. The lowest BCUT2D eigenvalue weighted by Crippen LogP contribution is -2.04. The largest absolute Gasteiger partial charge is 0.309 e. The number of para-hydroxylation sites is 2. The highest BCUT2D eigenvalue weighted by Crippen LogP contribution is 2.42. The summed E-state index contributed by atoms with van der Waals surface area (Å²) in [7, 11) is 0. The molecule has 0 spiro atoms. The Morgan fingerprint density at radius 2 is 0.966 bits per heavy atom. The monoisotopic (exact) mass is 757 g/mol. The van der Waals surface area contributed by atoms with Gasteiger partial charge in [-0.1, -0.05) is 152 Å². The predicted octanol–water partition coefficient (Wildman–Crippen LogP) is 13.5. The Kier molecular flexibility index (Phi) is 7.99. The van der Waals surface area contributed by atoms with Gasteiger partial charge in [0.2, 0.25) is 0 Å². The van der Waals surface area contributed by atoms with Crippen LogP contribution in [0.3, 0.4) is 0 Å². The summed E-state index contributed by atoms with van der Waals surface area (Å²) in [5.74, 6) is 1.50. The molecule has 3 aromatic heterocycles. The van der Waals surface area contributed by atoms with Gasteiger partial charge in [-0.3, -0.25) is 0 Å². The number of nitriles is 1. The summed E-state index contributed by atoms with van der Waals surface area (Å²) in [5, 5.41) is 15.7. The third-order valence-corrected chi connectivity index (χ3v) is 12.1. The molecule has 5 nitrogen and oxygen atoms in total. The van der Waals surface area contributed by atoms with Crippen LogP contribution in [0.15, 0.2) is 188 Å². The lowest BCUT2D eigenvalue weighted by molar-refractivity contribution is 1.07. The summed E-state index contributed by atoms with van der Waals surface area (Å²) >= 11 is 1.82. The van der Waals surface area contributed by atoms with Crippen molar-refractivity contribution in [1.29, 1.82) is 5.26 Å². The molecule has 11 rings (SSSR count). The van der Waals surface area contributed by atoms with Gasteiger partial charge < -0.3 is 4.57 Å². The Hall–Kier alpha value is -7.72. The van der Waals surface area contributed by atoms with Crippen LogP contribution in [0.5, 0.6) is 0 Å². The molecule has 0 fully saturated rings. The van der Waals surface area contributed by atoms with E-state index in [-0.39, 0.29) is 0 Å². The lowest BCUT2D eigenvalue weighted by Gasteiger charge is -2.17. The van der Waals surface area contributed by atoms with Crippen molar-refractivity contribution in [2.45, 2.75) is 0 Å². The van der Waals surface area contributed by atoms with E-state index in [1.807, 2.05) is 65.9 Å². The SMILES string of the molecule is N#Cc1cc(-c2ccccc2)c(-n2c3ccccc3c3ccccc32)cc1-c1nc(-c2ccccc2)nc(-c2cccc(-c3cccc4c3sc3ccccc34)c2)n1. The second-order valence-corrected chi connectivity index (χ2v) is 15.3. The number of hydrogen-bond acceptors (Lipinski definition) is 5. The van der Waals surface area contributed by atoms with E-state index in [9.17, 15) is 5.26 Å². The summed E-state index contributed by atoms with van der Waals surface area (Å²) in [6, 6.07) is 67.3. The molecule has 0 aliphatic rings. The zero-order valence-corrected chi connectivity index (χ0v) is 31.9. The second kappa shape index (κ2) is 13.8. The van der Waals surface area contributed by atoms with Crippen LogP contribution in [0.4, 0.5) is 0 Å². The number of fused-ring (bicyclic) bond motifs is 6. The van der Waals surface area contributed by atoms with Crippen molar-refractivity contribution < 1.29 is 0 Å². The van der Waals surface area contributed by atoms with Crippen LogP contribution in [-0.2, 0) is 0 Å². The van der Waals surface area contributed by atoms with Gasteiger partial charge in [0.25, 0.3) is 0 Å². The number of nitrogens with zero attached hydrogens (tertiary/aromatic N) is 5. The molecule has 0 N–H and O–H groups in total. The van der Waals surface area contributed by atoms with E-state index < -0.39 is 0 Å². The molecule has 0 radical (unpaired) electrons. The van der Waals surface area contributed by atoms with E-state index in [4.69, 9.17) is 15.0 Å². The molecule has 0 unspecified atom stereocenters. The highest BCUT2D eigenvalue weighted by molar-refractivity contribution is 7.26. The molecular formula is C52H31N5S. The fraction of sp³-hybridized carbons (Fsp3) is 0. The van der Waals surface area contributed by atoms with E-state index in [0.29, 0.717) is 28.6 Å². The van der Waals surface area contributed by atoms with Crippen LogP contribution in [-0.4, -0.2) is 19.5 Å². The van der Waals surface area contributed by atoms with Crippen LogP contribution in [0.2, 0.25) is 0 Å². The van der Waals surface area contributed by atoms with Gasteiger partial charge >= 0.3 is 0 Å². The third kappa shape index (κ3) is 5.56. The Labute approximate surface area is 338 Å². The zero-order valence-electron chi connectivity index (χ0n) is 31.0. The molecule has 11 aromatic rings. The lowest BCUT2D eigenvalue weighted by atomic mass is 9.96. The number of thiophene rings is 1. The number of aromatic nitrogens is 4. The van der Waals surface area contributed by atoms with E-state index in [1.54, 1.807) is 0 Å². The summed E-state index contributed by atoms with van der Waals surface area (Å²) in [4.78, 5) is 15.4. The number of benzene rings is 8. The number of rotatable bonds is 6. The van der Waals surface area contributed by atoms with Crippen molar-refractivity contribution in [2.24, 2.45) is 0 Å². The maximum atomic E-state index is 10.9. The minimum absolute atomic E-state index is 0.430. The molecule has 3 heterocycles. The first-order valence-electron chi connectivity index (χ1n) is 19.2. The van der Waals surface area contributed by atoms with Gasteiger partial charge in [-0.05, 0) is 53.1 Å². The topological polar surface area (TPSA) is 67.4 Å². The molecule has 0 amide bonds. The quantitative estimate of drug-likeness (QED) is 0.169. The van der Waals surface area contributed by atoms with Gasteiger partial charge in [0.05, 0.1) is 28.4 Å². The van der Waals surface area contributed by atoms with E-state index in [2.05, 4.69) is 144 Å². The predicted molar refractivity (Wildman–Crippen MR) is 239 cm³/mol. The molecule has 0 atom stereocenters. The summed E-state index contributed by atoms with van der Waals surface area (Å²) in [5.41, 5.74) is 10.1. The fourth-order valence-electron chi connectivity index (χ4n) is 8.22. The minimum atomic E-state index is 0.430. The van der Waals surface area contributed by atoms with Gasteiger partial charge in [-0.25, -0.2) is 15.0 Å². The van der Waals surface area contributed by atoms with Crippen molar-refractivity contribution in [3.05, 3.63) is 194 Å². The van der Waals surface area contributed by atoms with Gasteiger partial charge in [-0.2, -0.15) is 5.26 Å². The maximum absolute atomic E-state index is 10.9. The third-order valence-electron chi connectivity index (χ3n) is 10.9. The Morgan fingerprint density at radius 3 is 1.69 bits per heavy atom. The molecule has 0 saturated heterocycles. The maximum Gasteiger partial charge on any atom is 0.165 e. The summed E-state index contributed by atoms with van der Waals surface area (Å²) < 4.78 is 4.81. The van der Waals surface area contributed by atoms with Gasteiger partial charge in [0, 0.05) is 53.2 Å². The molecule has 8 aromatic carbocycles. The molecule has 0 bridgehead atoms. The van der Waals surface area contributed by atoms with E-state index in [1.165, 1.54) is 20.2 Å². The Bertz CT molecular complexity index is 3360. The molecule has 6 heteroatoms. The molecule has 0 aliphatic carbocycles. The standard InChI is InChI=1S/C52H31N5S/c53-32-37-30-43(33-15-3-1-4-16-33)47(57-45-26-10-7-21-39(45)40-22-8-11-27-46(40)57)31-44(37)52-55-50(34-17-5-2-6-18-34)54-51(56-52)36-20-13-19-35(29-36)38-24-14-25-42-41-23-9-12-28-48(41)58-49(38)42/h1-31H. The first-order chi connectivity index (χ1) is 28.7. The summed E-state index contributed by atoms with van der Waals surface area (Å²) in [6.45, 7) is 0. The first kappa shape index (κ1) is 33.6. The van der Waals surface area contributed by atoms with Gasteiger partial charge in [0.15, 0.2) is 17.5 Å². The number of hydrogen-bond donors (Lipinski definition) is 0. The normalized spacial score (nSPS) is 11.4. The molecule has 58 heavy (non-hydrogen) atoms. The van der Waals surface area contributed by atoms with Crippen LogP contribution >= 0.6 is 11.3 Å². The molecule has 0 saturated carbocycles. The highest BCUT2D eigenvalue weighted by Gasteiger charge is 2.22. The smallest absolute Gasteiger partial charge is 0.165 e. The van der Waals surface area contributed by atoms with Crippen LogP contribution in [0.25, 0.3) is 104 Å². The second-order valence-electron chi connectivity index (χ2n) is 14.3. The van der Waals surface area contributed by atoms with E-state index >= 15 is 0 Å². The van der Waals surface area contributed by atoms with Crippen LogP contribution in [0.1, 0.15) is 5.56 Å². The summed E-state index contributed by atoms with van der Waals surface area (Å²) in [6.07, 6.45) is 0. The average molecular weight is 758 g/mol. The van der Waals surface area contributed by atoms with Gasteiger partial charge in [0.1, 0.15) is 0 Å². The fourth-order valence-corrected chi connectivity index (χ4v) is 9.46. The molecule has 270 valence electrons. The van der Waals surface area contributed by atoms with Crippen LogP contribution in [0, 0.1) is 11.3 Å². The van der Waals surface area contributed by atoms with Crippen molar-refractivity contribution in [2.75, 3.05) is 0 Å². The van der Waals surface area contributed by atoms with Gasteiger partial charge in [-0.15, -0.1) is 11.3 Å². The average Bonchev–Trinajstić information content (AvgIpc) is 3.85. The van der Waals surface area contributed by atoms with E-state index in [0.717, 1.165) is 60.9 Å². The van der Waals surface area contributed by atoms with Crippen molar-refractivity contribution in [3.63, 3.8) is 0 Å². The highest BCUT2D eigenvalue weighted by atomic mass is 32.1. The Morgan fingerprint density at radius 1 is 0.414 bits per heavy atom. The zero-order chi connectivity index (χ0) is 38.6. The minimum Gasteiger partial charge on any atom is -0.309 e. The van der Waals surface area contributed by atoms with Crippen LogP contribution < -0.4 is 0 Å². The van der Waals surface area contributed by atoms with Crippen molar-refractivity contribution in [1.82, 2.24) is 19.5 Å². The van der Waals surface area contributed by atoms with Crippen molar-refractivity contribution in [3.8, 4) is 68.2 Å². The first-order valence-corrected chi connectivity index (χ1v) is 20.0.